The molecule has 3 heteroatoms. The van der Waals surface area contributed by atoms with Crippen molar-refractivity contribution in [3.8, 4) is 0 Å². The summed E-state index contributed by atoms with van der Waals surface area (Å²) in [6.45, 7) is 5.54. The Kier molecular flexibility index (Phi) is 3.64. The van der Waals surface area contributed by atoms with Crippen molar-refractivity contribution in [2.75, 3.05) is 13.1 Å². The smallest absolute Gasteiger partial charge is 0.213 e. The van der Waals surface area contributed by atoms with Crippen LogP contribution in [0.25, 0.3) is 5.57 Å². The molecule has 1 aliphatic heterocycles. The van der Waals surface area contributed by atoms with Crippen molar-refractivity contribution in [2.24, 2.45) is 11.8 Å². The van der Waals surface area contributed by atoms with Crippen molar-refractivity contribution in [3.63, 3.8) is 0 Å². The molecule has 3 rings (SSSR count). The van der Waals surface area contributed by atoms with E-state index in [0.717, 1.165) is 30.8 Å². The minimum Gasteiger partial charge on any atom is -0.313 e. The fraction of sp³-hybridized carbons (Fsp3) is 0.294. The largest absolute Gasteiger partial charge is 0.313 e. The van der Waals surface area contributed by atoms with Gasteiger partial charge in [-0.05, 0) is 41.7 Å². The Balaban J connectivity index is 2.01. The van der Waals surface area contributed by atoms with Crippen LogP contribution in [-0.2, 0) is 0 Å². The van der Waals surface area contributed by atoms with E-state index in [1.807, 2.05) is 12.1 Å². The molecule has 102 valence electrons. The summed E-state index contributed by atoms with van der Waals surface area (Å²) in [6, 6.07) is 4.95. The molecule has 1 aliphatic carbocycles. The summed E-state index contributed by atoms with van der Waals surface area (Å²) < 4.78 is 13.3. The summed E-state index contributed by atoms with van der Waals surface area (Å²) in [5, 5.41) is 3.39. The van der Waals surface area contributed by atoms with Gasteiger partial charge in [0.25, 0.3) is 0 Å². The van der Waals surface area contributed by atoms with E-state index in [2.05, 4.69) is 34.8 Å². The molecule has 0 radical (unpaired) electrons. The van der Waals surface area contributed by atoms with Crippen molar-refractivity contribution >= 4 is 5.57 Å². The highest BCUT2D eigenvalue weighted by molar-refractivity contribution is 5.68. The molecule has 2 heterocycles. The zero-order valence-corrected chi connectivity index (χ0v) is 11.3. The summed E-state index contributed by atoms with van der Waals surface area (Å²) in [5.41, 5.74) is 6.03. The van der Waals surface area contributed by atoms with Crippen molar-refractivity contribution < 1.29 is 4.39 Å². The molecule has 1 N–H and O–H groups in total. The van der Waals surface area contributed by atoms with Gasteiger partial charge in [0.2, 0.25) is 5.95 Å². The minimum atomic E-state index is -0.430. The molecule has 0 saturated heterocycles. The highest BCUT2D eigenvalue weighted by Gasteiger charge is 2.29. The molecule has 2 aliphatic rings. The Morgan fingerprint density at radius 2 is 2.35 bits per heavy atom. The lowest BCUT2D eigenvalue weighted by molar-refractivity contribution is 0.418. The van der Waals surface area contributed by atoms with Gasteiger partial charge in [-0.15, -0.1) is 5.73 Å². The average molecular weight is 268 g/mol. The monoisotopic (exact) mass is 268 g/mol. The number of hydrogen-bond donors (Lipinski definition) is 1. The molecule has 0 aromatic carbocycles. The second kappa shape index (κ2) is 5.58. The number of halogens is 1. The van der Waals surface area contributed by atoms with Crippen LogP contribution in [0.5, 0.6) is 0 Å². The maximum absolute atomic E-state index is 13.3. The predicted molar refractivity (Wildman–Crippen MR) is 78.4 cm³/mol. The molecular weight excluding hydrogens is 251 g/mol. The van der Waals surface area contributed by atoms with E-state index < -0.39 is 5.95 Å². The molecule has 0 amide bonds. The summed E-state index contributed by atoms with van der Waals surface area (Å²) in [6.07, 6.45) is 7.25. The lowest BCUT2D eigenvalue weighted by atomic mass is 9.74. The topological polar surface area (TPSA) is 24.9 Å². The Labute approximate surface area is 118 Å². The standard InChI is InChI=1S/C17H17FN2/c1-2-4-12-9-14(16-5-3-6-17(18)20-16)10-13-7-8-19-11-15(12)13/h3-7,10,12,15,19H,1,8-9,11H2. The predicted octanol–water partition coefficient (Wildman–Crippen LogP) is 3.11. The molecule has 1 aromatic rings. The van der Waals surface area contributed by atoms with Gasteiger partial charge in [0.05, 0.1) is 5.69 Å². The SMILES string of the molecule is C=C=CC1CC(c2cccc(F)n2)=CC2=CCNCC21. The summed E-state index contributed by atoms with van der Waals surface area (Å²) in [4.78, 5) is 4.00. The number of nitrogens with one attached hydrogen (secondary N) is 1. The van der Waals surface area contributed by atoms with Crippen LogP contribution in [0.3, 0.4) is 0 Å². The Bertz CT molecular complexity index is 624. The number of fused-ring (bicyclic) bond motifs is 1. The van der Waals surface area contributed by atoms with Crippen LogP contribution in [0.2, 0.25) is 0 Å². The lowest BCUT2D eigenvalue weighted by Gasteiger charge is -2.34. The van der Waals surface area contributed by atoms with Crippen molar-refractivity contribution in [1.29, 1.82) is 0 Å². The molecular formula is C17H17FN2. The first kappa shape index (κ1) is 13.0. The molecule has 0 fully saturated rings. The second-order valence-electron chi connectivity index (χ2n) is 5.22. The average Bonchev–Trinajstić information content (AvgIpc) is 2.47. The lowest BCUT2D eigenvalue weighted by Crippen LogP contribution is -2.35. The van der Waals surface area contributed by atoms with E-state index in [1.165, 1.54) is 11.6 Å². The highest BCUT2D eigenvalue weighted by atomic mass is 19.1. The maximum atomic E-state index is 13.3. The van der Waals surface area contributed by atoms with Crippen molar-refractivity contribution in [2.45, 2.75) is 6.42 Å². The van der Waals surface area contributed by atoms with Gasteiger partial charge in [-0.1, -0.05) is 24.8 Å². The van der Waals surface area contributed by atoms with E-state index in [0.29, 0.717) is 11.8 Å². The van der Waals surface area contributed by atoms with E-state index in [9.17, 15) is 4.39 Å². The van der Waals surface area contributed by atoms with Gasteiger partial charge in [-0.3, -0.25) is 0 Å². The first-order chi connectivity index (χ1) is 9.78. The van der Waals surface area contributed by atoms with Crippen LogP contribution in [0.15, 0.2) is 54.3 Å². The van der Waals surface area contributed by atoms with Crippen LogP contribution in [0.4, 0.5) is 4.39 Å². The zero-order chi connectivity index (χ0) is 13.9. The first-order valence-electron chi connectivity index (χ1n) is 6.88. The molecule has 1 aromatic heterocycles. The summed E-state index contributed by atoms with van der Waals surface area (Å²) in [7, 11) is 0. The van der Waals surface area contributed by atoms with Gasteiger partial charge in [0, 0.05) is 19.0 Å². The first-order valence-corrected chi connectivity index (χ1v) is 6.88. The van der Waals surface area contributed by atoms with Gasteiger partial charge in [-0.25, -0.2) is 4.98 Å². The number of nitrogens with zero attached hydrogens (tertiary/aromatic N) is 1. The highest BCUT2D eigenvalue weighted by Crippen LogP contribution is 2.38. The van der Waals surface area contributed by atoms with Crippen molar-refractivity contribution in [1.82, 2.24) is 10.3 Å². The number of aromatic nitrogens is 1. The van der Waals surface area contributed by atoms with Gasteiger partial charge in [-0.2, -0.15) is 4.39 Å². The van der Waals surface area contributed by atoms with E-state index in [4.69, 9.17) is 0 Å². The molecule has 2 atom stereocenters. The summed E-state index contributed by atoms with van der Waals surface area (Å²) >= 11 is 0. The quantitative estimate of drug-likeness (QED) is 0.658. The van der Waals surface area contributed by atoms with Crippen LogP contribution >= 0.6 is 0 Å². The second-order valence-corrected chi connectivity index (χ2v) is 5.22. The molecule has 0 saturated carbocycles. The number of pyridine rings is 1. The molecule has 2 unspecified atom stereocenters. The minimum absolute atomic E-state index is 0.344. The normalized spacial score (nSPS) is 25.1. The summed E-state index contributed by atoms with van der Waals surface area (Å²) in [5.74, 6) is 0.368. The van der Waals surface area contributed by atoms with Gasteiger partial charge >= 0.3 is 0 Å². The number of allylic oxidation sites excluding steroid dienone is 3. The van der Waals surface area contributed by atoms with Crippen LogP contribution in [0, 0.1) is 17.8 Å². The van der Waals surface area contributed by atoms with Crippen LogP contribution < -0.4 is 5.32 Å². The molecule has 20 heavy (non-hydrogen) atoms. The molecule has 0 spiro atoms. The third kappa shape index (κ3) is 2.51. The van der Waals surface area contributed by atoms with Crippen molar-refractivity contribution in [3.05, 3.63) is 66.0 Å². The molecule has 0 bridgehead atoms. The van der Waals surface area contributed by atoms with E-state index >= 15 is 0 Å². The third-order valence-electron chi connectivity index (χ3n) is 3.96. The van der Waals surface area contributed by atoms with Gasteiger partial charge in [0.15, 0.2) is 0 Å². The fourth-order valence-corrected chi connectivity index (χ4v) is 3.01. The van der Waals surface area contributed by atoms with Crippen LogP contribution in [0.1, 0.15) is 12.1 Å². The third-order valence-corrected chi connectivity index (χ3v) is 3.96. The number of hydrogen-bond acceptors (Lipinski definition) is 2. The Morgan fingerprint density at radius 3 is 3.15 bits per heavy atom. The Morgan fingerprint density at radius 1 is 1.45 bits per heavy atom. The molecule has 2 nitrogen and oxygen atoms in total. The van der Waals surface area contributed by atoms with Gasteiger partial charge < -0.3 is 5.32 Å². The zero-order valence-electron chi connectivity index (χ0n) is 11.3. The fourth-order valence-electron chi connectivity index (χ4n) is 3.01. The van der Waals surface area contributed by atoms with Gasteiger partial charge in [0.1, 0.15) is 0 Å². The van der Waals surface area contributed by atoms with E-state index in [1.54, 1.807) is 6.07 Å². The number of rotatable bonds is 2. The van der Waals surface area contributed by atoms with E-state index in [-0.39, 0.29) is 0 Å². The van der Waals surface area contributed by atoms with Crippen LogP contribution in [-0.4, -0.2) is 18.1 Å². The Hall–Kier alpha value is -1.96. The maximum Gasteiger partial charge on any atom is 0.213 e.